The van der Waals surface area contributed by atoms with Crippen LogP contribution in [0.4, 0.5) is 0 Å². The van der Waals surface area contributed by atoms with E-state index in [0.29, 0.717) is 38.5 Å². The molecule has 2 atom stereocenters. The second-order valence-electron chi connectivity index (χ2n) is 7.52. The first-order chi connectivity index (χ1) is 13.7. The quantitative estimate of drug-likeness (QED) is 0.751. The van der Waals surface area contributed by atoms with Crippen LogP contribution in [0.15, 0.2) is 41.8 Å². The highest BCUT2D eigenvalue weighted by Gasteiger charge is 2.46. The molecule has 6 heteroatoms. The van der Waals surface area contributed by atoms with Crippen molar-refractivity contribution in [2.24, 2.45) is 5.92 Å². The van der Waals surface area contributed by atoms with Crippen molar-refractivity contribution in [3.05, 3.63) is 52.2 Å². The fourth-order valence-corrected chi connectivity index (χ4v) is 4.80. The van der Waals surface area contributed by atoms with E-state index in [1.807, 2.05) is 34.1 Å². The highest BCUT2D eigenvalue weighted by molar-refractivity contribution is 7.10. The first-order valence-electron chi connectivity index (χ1n) is 9.88. The lowest BCUT2D eigenvalue weighted by atomic mass is 10.1. The maximum atomic E-state index is 12.7. The number of aryl methyl sites for hydroxylation is 1. The van der Waals surface area contributed by atoms with Gasteiger partial charge in [0.25, 0.3) is 0 Å². The van der Waals surface area contributed by atoms with Gasteiger partial charge in [-0.3, -0.25) is 9.59 Å². The molecule has 1 aliphatic carbocycles. The summed E-state index contributed by atoms with van der Waals surface area (Å²) in [5.74, 6) is 1.83. The van der Waals surface area contributed by atoms with E-state index in [2.05, 4.69) is 17.5 Å². The highest BCUT2D eigenvalue weighted by Crippen LogP contribution is 2.50. The molecule has 0 N–H and O–H groups in total. The van der Waals surface area contributed by atoms with E-state index in [1.54, 1.807) is 18.4 Å². The van der Waals surface area contributed by atoms with Gasteiger partial charge in [-0.25, -0.2) is 0 Å². The summed E-state index contributed by atoms with van der Waals surface area (Å²) >= 11 is 1.74. The minimum Gasteiger partial charge on any atom is -0.497 e. The van der Waals surface area contributed by atoms with Crippen LogP contribution < -0.4 is 4.74 Å². The molecule has 2 unspecified atom stereocenters. The van der Waals surface area contributed by atoms with E-state index < -0.39 is 0 Å². The lowest BCUT2D eigenvalue weighted by molar-refractivity contribution is -0.140. The lowest BCUT2D eigenvalue weighted by Gasteiger charge is -2.35. The summed E-state index contributed by atoms with van der Waals surface area (Å²) in [6, 6.07) is 12.0. The molecular weight excluding hydrogens is 372 g/mol. The van der Waals surface area contributed by atoms with Crippen LogP contribution in [0.25, 0.3) is 0 Å². The van der Waals surface area contributed by atoms with E-state index in [9.17, 15) is 9.59 Å². The SMILES string of the molecule is COc1ccc(CCC(=O)N2CCN(C(=O)C3CC3c3cccs3)CC2)cc1. The molecule has 1 aromatic heterocycles. The summed E-state index contributed by atoms with van der Waals surface area (Å²) < 4.78 is 5.16. The van der Waals surface area contributed by atoms with E-state index in [-0.39, 0.29) is 17.7 Å². The molecule has 2 fully saturated rings. The first-order valence-corrected chi connectivity index (χ1v) is 10.8. The van der Waals surface area contributed by atoms with Crippen molar-refractivity contribution in [3.63, 3.8) is 0 Å². The normalized spacial score (nSPS) is 21.5. The molecule has 4 rings (SSSR count). The van der Waals surface area contributed by atoms with Gasteiger partial charge in [0.05, 0.1) is 7.11 Å². The second kappa shape index (κ2) is 8.35. The van der Waals surface area contributed by atoms with Gasteiger partial charge in [0.2, 0.25) is 11.8 Å². The van der Waals surface area contributed by atoms with Gasteiger partial charge in [-0.1, -0.05) is 18.2 Å². The fourth-order valence-electron chi connectivity index (χ4n) is 3.90. The van der Waals surface area contributed by atoms with E-state index in [0.717, 1.165) is 24.2 Å². The minimum atomic E-state index is 0.149. The Morgan fingerprint density at radius 1 is 1.07 bits per heavy atom. The third-order valence-electron chi connectivity index (χ3n) is 5.75. The molecule has 1 saturated heterocycles. The van der Waals surface area contributed by atoms with Gasteiger partial charge in [-0.05, 0) is 42.0 Å². The smallest absolute Gasteiger partial charge is 0.226 e. The zero-order chi connectivity index (χ0) is 19.5. The van der Waals surface area contributed by atoms with Gasteiger partial charge in [0, 0.05) is 49.3 Å². The number of carbonyl (C=O) groups excluding carboxylic acids is 2. The maximum Gasteiger partial charge on any atom is 0.226 e. The minimum absolute atomic E-state index is 0.149. The molecule has 2 heterocycles. The van der Waals surface area contributed by atoms with Crippen molar-refractivity contribution in [2.75, 3.05) is 33.3 Å². The number of thiophene rings is 1. The Morgan fingerprint density at radius 3 is 2.43 bits per heavy atom. The molecular formula is C22H26N2O3S. The van der Waals surface area contributed by atoms with Gasteiger partial charge in [-0.2, -0.15) is 0 Å². The number of amides is 2. The first kappa shape index (κ1) is 19.0. The summed E-state index contributed by atoms with van der Waals surface area (Å²) in [5, 5.41) is 2.07. The maximum absolute atomic E-state index is 12.7. The highest BCUT2D eigenvalue weighted by atomic mass is 32.1. The summed E-state index contributed by atoms with van der Waals surface area (Å²) in [7, 11) is 1.65. The Balaban J connectivity index is 1.21. The number of carbonyl (C=O) groups is 2. The number of nitrogens with zero attached hydrogens (tertiary/aromatic N) is 2. The van der Waals surface area contributed by atoms with Crippen molar-refractivity contribution in [3.8, 4) is 5.75 Å². The summed E-state index contributed by atoms with van der Waals surface area (Å²) in [5.41, 5.74) is 1.14. The van der Waals surface area contributed by atoms with Crippen molar-refractivity contribution in [2.45, 2.75) is 25.2 Å². The zero-order valence-corrected chi connectivity index (χ0v) is 17.0. The van der Waals surface area contributed by atoms with E-state index in [1.165, 1.54) is 4.88 Å². The number of hydrogen-bond donors (Lipinski definition) is 0. The molecule has 2 aliphatic rings. The predicted molar refractivity (Wildman–Crippen MR) is 110 cm³/mol. The molecule has 1 aromatic carbocycles. The number of rotatable bonds is 6. The molecule has 0 bridgehead atoms. The van der Waals surface area contributed by atoms with Gasteiger partial charge in [0.1, 0.15) is 5.75 Å². The van der Waals surface area contributed by atoms with Crippen molar-refractivity contribution in [1.82, 2.24) is 9.80 Å². The number of benzene rings is 1. The Hall–Kier alpha value is -2.34. The van der Waals surface area contributed by atoms with Crippen molar-refractivity contribution in [1.29, 1.82) is 0 Å². The molecule has 148 valence electrons. The molecule has 1 aliphatic heterocycles. The van der Waals surface area contributed by atoms with Crippen molar-refractivity contribution >= 4 is 23.2 Å². The summed E-state index contributed by atoms with van der Waals surface area (Å²) in [6.07, 6.45) is 2.20. The Kier molecular flexibility index (Phi) is 5.67. The zero-order valence-electron chi connectivity index (χ0n) is 16.2. The Labute approximate surface area is 169 Å². The predicted octanol–water partition coefficient (Wildman–Crippen LogP) is 3.16. The third kappa shape index (κ3) is 4.22. The molecule has 5 nitrogen and oxygen atoms in total. The van der Waals surface area contributed by atoms with Gasteiger partial charge in [-0.15, -0.1) is 11.3 Å². The average Bonchev–Trinajstić information content (AvgIpc) is 3.36. The fraction of sp³-hybridized carbons (Fsp3) is 0.455. The van der Waals surface area contributed by atoms with Crippen LogP contribution in [0.5, 0.6) is 5.75 Å². The number of hydrogen-bond acceptors (Lipinski definition) is 4. The third-order valence-corrected chi connectivity index (χ3v) is 6.75. The van der Waals surface area contributed by atoms with Crippen LogP contribution in [-0.2, 0) is 16.0 Å². The topological polar surface area (TPSA) is 49.9 Å². The monoisotopic (exact) mass is 398 g/mol. The average molecular weight is 399 g/mol. The van der Waals surface area contributed by atoms with Crippen LogP contribution in [0.2, 0.25) is 0 Å². The molecule has 2 amide bonds. The Morgan fingerprint density at radius 2 is 1.79 bits per heavy atom. The number of ether oxygens (including phenoxy) is 1. The Bertz CT molecular complexity index is 811. The molecule has 0 radical (unpaired) electrons. The van der Waals surface area contributed by atoms with Crippen LogP contribution in [0, 0.1) is 5.92 Å². The van der Waals surface area contributed by atoms with Gasteiger partial charge < -0.3 is 14.5 Å². The summed E-state index contributed by atoms with van der Waals surface area (Å²) in [6.45, 7) is 2.59. The second-order valence-corrected chi connectivity index (χ2v) is 8.50. The van der Waals surface area contributed by atoms with Gasteiger partial charge >= 0.3 is 0 Å². The van der Waals surface area contributed by atoms with E-state index in [4.69, 9.17) is 4.74 Å². The standard InChI is InChI=1S/C22H26N2O3S/c1-27-17-7-4-16(5-8-17)6-9-21(25)23-10-12-24(13-11-23)22(26)19-15-18(19)20-3-2-14-28-20/h2-5,7-8,14,18-19H,6,9-13,15H2,1H3. The van der Waals surface area contributed by atoms with E-state index >= 15 is 0 Å². The van der Waals surface area contributed by atoms with Gasteiger partial charge in [0.15, 0.2) is 0 Å². The molecule has 1 saturated carbocycles. The number of methoxy groups -OCH3 is 1. The van der Waals surface area contributed by atoms with Crippen LogP contribution in [0.1, 0.15) is 29.2 Å². The van der Waals surface area contributed by atoms with Crippen molar-refractivity contribution < 1.29 is 14.3 Å². The number of piperazine rings is 1. The van der Waals surface area contributed by atoms with Crippen LogP contribution >= 0.6 is 11.3 Å². The molecule has 28 heavy (non-hydrogen) atoms. The molecule has 2 aromatic rings. The molecule has 0 spiro atoms. The summed E-state index contributed by atoms with van der Waals surface area (Å²) in [4.78, 5) is 30.4. The lowest BCUT2D eigenvalue weighted by Crippen LogP contribution is -2.51. The van der Waals surface area contributed by atoms with Crippen LogP contribution in [-0.4, -0.2) is 54.9 Å². The van der Waals surface area contributed by atoms with Crippen LogP contribution in [0.3, 0.4) is 0 Å². The largest absolute Gasteiger partial charge is 0.497 e.